The summed E-state index contributed by atoms with van der Waals surface area (Å²) in [6.45, 7) is 0. The number of hydrogen-bond donors (Lipinski definition) is 0. The van der Waals surface area contributed by atoms with Gasteiger partial charge in [0, 0.05) is 0 Å². The lowest BCUT2D eigenvalue weighted by Gasteiger charge is -2.04. The van der Waals surface area contributed by atoms with Crippen LogP contribution in [0.25, 0.3) is 0 Å². The van der Waals surface area contributed by atoms with Crippen LogP contribution in [0.1, 0.15) is 16.2 Å². The molecule has 1 aromatic heterocycles. The first kappa shape index (κ1) is 11.5. The normalized spacial score (nSPS) is 11.9. The van der Waals surface area contributed by atoms with Crippen LogP contribution in [0, 0.1) is 0 Å². The van der Waals surface area contributed by atoms with E-state index in [1.54, 1.807) is 0 Å². The molecule has 0 saturated heterocycles. The summed E-state index contributed by atoms with van der Waals surface area (Å²) in [4.78, 5) is 16.3. The molecule has 15 heavy (non-hydrogen) atoms. The highest BCUT2D eigenvalue weighted by Crippen LogP contribution is 2.26. The molecule has 0 spiro atoms. The van der Waals surface area contributed by atoms with Crippen LogP contribution in [0.3, 0.4) is 0 Å². The maximum Gasteiger partial charge on any atom is 0.434 e. The van der Waals surface area contributed by atoms with Crippen LogP contribution in [0.4, 0.5) is 22.0 Å². The molecule has 1 heterocycles. The van der Waals surface area contributed by atoms with Gasteiger partial charge in [-0.15, -0.1) is 0 Å². The molecule has 3 nitrogen and oxygen atoms in total. The lowest BCUT2D eigenvalue weighted by atomic mass is 10.3. The van der Waals surface area contributed by atoms with Crippen molar-refractivity contribution in [3.05, 3.63) is 23.8 Å². The number of carbonyl (C=O) groups is 1. The molecule has 0 bridgehead atoms. The molecule has 0 atom stereocenters. The zero-order valence-corrected chi connectivity index (χ0v) is 6.92. The van der Waals surface area contributed by atoms with Crippen LogP contribution in [0.2, 0.25) is 0 Å². The smallest absolute Gasteiger partial charge is 0.286 e. The van der Waals surface area contributed by atoms with Crippen molar-refractivity contribution >= 4 is 5.78 Å². The van der Waals surface area contributed by atoms with Crippen molar-refractivity contribution in [3.63, 3.8) is 0 Å². The van der Waals surface area contributed by atoms with Gasteiger partial charge in [0.1, 0.15) is 5.69 Å². The summed E-state index contributed by atoms with van der Waals surface area (Å²) in [6.07, 6.45) is -7.41. The Labute approximate surface area is 80.0 Å². The van der Waals surface area contributed by atoms with E-state index in [0.717, 1.165) is 0 Å². The Morgan fingerprint density at radius 2 is 1.80 bits per heavy atom. The minimum absolute atomic E-state index is 0.232. The van der Waals surface area contributed by atoms with E-state index >= 15 is 0 Å². The summed E-state index contributed by atoms with van der Waals surface area (Å²) < 4.78 is 59.4. The number of aromatic nitrogens is 2. The fourth-order valence-electron chi connectivity index (χ4n) is 0.713. The number of carbonyl (C=O) groups excluding carboxylic acids is 1. The van der Waals surface area contributed by atoms with Crippen molar-refractivity contribution in [2.75, 3.05) is 0 Å². The predicted octanol–water partition coefficient (Wildman–Crippen LogP) is 1.94. The van der Waals surface area contributed by atoms with Gasteiger partial charge in [-0.3, -0.25) is 4.79 Å². The van der Waals surface area contributed by atoms with E-state index < -0.39 is 29.8 Å². The molecule has 0 aromatic carbocycles. The summed E-state index contributed by atoms with van der Waals surface area (Å²) in [5.74, 6) is -1.66. The van der Waals surface area contributed by atoms with E-state index in [2.05, 4.69) is 9.97 Å². The highest BCUT2D eigenvalue weighted by Gasteiger charge is 2.33. The number of ketones is 1. The molecule has 0 aliphatic rings. The molecule has 1 rings (SSSR count). The minimum atomic E-state index is -4.71. The summed E-state index contributed by atoms with van der Waals surface area (Å²) in [5, 5.41) is 0. The summed E-state index contributed by atoms with van der Waals surface area (Å²) in [7, 11) is 0. The van der Waals surface area contributed by atoms with Crippen molar-refractivity contribution in [3.8, 4) is 0 Å². The predicted molar refractivity (Wildman–Crippen MR) is 37.4 cm³/mol. The molecule has 0 aliphatic heterocycles. The van der Waals surface area contributed by atoms with Crippen molar-refractivity contribution in [1.29, 1.82) is 0 Å². The Morgan fingerprint density at radius 3 is 2.13 bits per heavy atom. The minimum Gasteiger partial charge on any atom is -0.286 e. The SMILES string of the molecule is O=C(c1cnc(C(F)(F)F)cn1)C(F)F. The van der Waals surface area contributed by atoms with Crippen molar-refractivity contribution < 1.29 is 26.7 Å². The van der Waals surface area contributed by atoms with Crippen molar-refractivity contribution in [2.24, 2.45) is 0 Å². The second-order valence-corrected chi connectivity index (χ2v) is 2.45. The highest BCUT2D eigenvalue weighted by molar-refractivity contribution is 5.96. The van der Waals surface area contributed by atoms with Crippen LogP contribution >= 0.6 is 0 Å². The average molecular weight is 226 g/mol. The maximum absolute atomic E-state index is 11.9. The van der Waals surface area contributed by atoms with Gasteiger partial charge in [-0.1, -0.05) is 0 Å². The van der Waals surface area contributed by atoms with E-state index in [0.29, 0.717) is 6.20 Å². The Morgan fingerprint density at radius 1 is 1.20 bits per heavy atom. The van der Waals surface area contributed by atoms with E-state index in [-0.39, 0.29) is 6.20 Å². The molecule has 0 unspecified atom stereocenters. The number of Topliss-reactive ketones (excluding diaryl/α,β-unsaturated/α-hetero) is 1. The lowest BCUT2D eigenvalue weighted by molar-refractivity contribution is -0.141. The second-order valence-electron chi connectivity index (χ2n) is 2.45. The van der Waals surface area contributed by atoms with E-state index in [4.69, 9.17) is 0 Å². The standard InChI is InChI=1S/C7H3F5N2O/c8-6(9)5(15)3-1-14-4(2-13-3)7(10,11)12/h1-2,6H. The first-order valence-electron chi connectivity index (χ1n) is 3.54. The zero-order valence-electron chi connectivity index (χ0n) is 6.92. The van der Waals surface area contributed by atoms with Gasteiger partial charge in [-0.05, 0) is 0 Å². The summed E-state index contributed by atoms with van der Waals surface area (Å²) in [5.41, 5.74) is -2.13. The van der Waals surface area contributed by atoms with Gasteiger partial charge in [-0.25, -0.2) is 18.7 Å². The average Bonchev–Trinajstić information content (AvgIpc) is 2.15. The van der Waals surface area contributed by atoms with Crippen LogP contribution in [-0.2, 0) is 6.18 Å². The molecule has 0 radical (unpaired) electrons. The van der Waals surface area contributed by atoms with Crippen LogP contribution in [-0.4, -0.2) is 22.2 Å². The zero-order chi connectivity index (χ0) is 11.6. The van der Waals surface area contributed by atoms with Gasteiger partial charge in [0.15, 0.2) is 5.69 Å². The third-order valence-corrected chi connectivity index (χ3v) is 1.39. The quantitative estimate of drug-likeness (QED) is 0.571. The van der Waals surface area contributed by atoms with Crippen LogP contribution in [0.5, 0.6) is 0 Å². The number of halogens is 5. The molecular formula is C7H3F5N2O. The van der Waals surface area contributed by atoms with E-state index in [9.17, 15) is 26.7 Å². The van der Waals surface area contributed by atoms with Gasteiger partial charge in [0.05, 0.1) is 12.4 Å². The maximum atomic E-state index is 11.9. The van der Waals surface area contributed by atoms with E-state index in [1.807, 2.05) is 0 Å². The van der Waals surface area contributed by atoms with Crippen LogP contribution < -0.4 is 0 Å². The molecule has 0 amide bonds. The highest BCUT2D eigenvalue weighted by atomic mass is 19.4. The molecule has 0 N–H and O–H groups in total. The lowest BCUT2D eigenvalue weighted by Crippen LogP contribution is -2.15. The third-order valence-electron chi connectivity index (χ3n) is 1.39. The van der Waals surface area contributed by atoms with Gasteiger partial charge in [0.2, 0.25) is 5.78 Å². The molecule has 0 saturated carbocycles. The Kier molecular flexibility index (Phi) is 2.96. The monoisotopic (exact) mass is 226 g/mol. The molecule has 82 valence electrons. The first-order valence-corrected chi connectivity index (χ1v) is 3.54. The first-order chi connectivity index (χ1) is 6.82. The fourth-order valence-corrected chi connectivity index (χ4v) is 0.713. The van der Waals surface area contributed by atoms with Gasteiger partial charge in [0.25, 0.3) is 0 Å². The summed E-state index contributed by atoms with van der Waals surface area (Å²) >= 11 is 0. The molecule has 1 aromatic rings. The Bertz CT molecular complexity index is 359. The Balaban J connectivity index is 2.96. The van der Waals surface area contributed by atoms with Gasteiger partial charge < -0.3 is 0 Å². The third kappa shape index (κ3) is 2.67. The number of hydrogen-bond acceptors (Lipinski definition) is 3. The van der Waals surface area contributed by atoms with E-state index in [1.165, 1.54) is 0 Å². The number of alkyl halides is 5. The van der Waals surface area contributed by atoms with Crippen LogP contribution in [0.15, 0.2) is 12.4 Å². The number of nitrogens with zero attached hydrogens (tertiary/aromatic N) is 2. The Hall–Kier alpha value is -1.60. The molecular weight excluding hydrogens is 223 g/mol. The molecule has 8 heteroatoms. The molecule has 0 fully saturated rings. The van der Waals surface area contributed by atoms with Crippen molar-refractivity contribution in [2.45, 2.75) is 12.6 Å². The van der Waals surface area contributed by atoms with Gasteiger partial charge >= 0.3 is 12.6 Å². The second kappa shape index (κ2) is 3.87. The topological polar surface area (TPSA) is 42.9 Å². The molecule has 0 aliphatic carbocycles. The van der Waals surface area contributed by atoms with Crippen molar-refractivity contribution in [1.82, 2.24) is 9.97 Å². The van der Waals surface area contributed by atoms with Gasteiger partial charge in [-0.2, -0.15) is 13.2 Å². The largest absolute Gasteiger partial charge is 0.434 e. The fraction of sp³-hybridized carbons (Fsp3) is 0.286. The summed E-state index contributed by atoms with van der Waals surface area (Å²) in [6, 6.07) is 0. The number of rotatable bonds is 2.